The average molecular weight is 315 g/mol. The number of aliphatic carboxylic acids is 1. The lowest BCUT2D eigenvalue weighted by Gasteiger charge is -2.14. The molecule has 0 radical (unpaired) electrons. The summed E-state index contributed by atoms with van der Waals surface area (Å²) in [5.41, 5.74) is -0.223. The van der Waals surface area contributed by atoms with Crippen LogP contribution < -0.4 is 4.74 Å². The van der Waals surface area contributed by atoms with Crippen LogP contribution in [0.25, 0.3) is 0 Å². The molecule has 8 heteroatoms. The van der Waals surface area contributed by atoms with Crippen molar-refractivity contribution in [3.63, 3.8) is 0 Å². The van der Waals surface area contributed by atoms with Gasteiger partial charge in [-0.05, 0) is 22.0 Å². The summed E-state index contributed by atoms with van der Waals surface area (Å²) in [6, 6.07) is 3.31. The van der Waals surface area contributed by atoms with Crippen molar-refractivity contribution in [2.75, 3.05) is 0 Å². The number of hydrogen-bond donors (Lipinski definition) is 2. The van der Waals surface area contributed by atoms with E-state index in [2.05, 4.69) is 20.7 Å². The summed E-state index contributed by atoms with van der Waals surface area (Å²) in [6.07, 6.45) is -6.82. The third kappa shape index (κ3) is 3.60. The van der Waals surface area contributed by atoms with Gasteiger partial charge in [-0.25, -0.2) is 4.79 Å². The first-order valence-electron chi connectivity index (χ1n) is 4.17. The number of carboxylic acid groups (broad SMARTS) is 1. The molecule has 94 valence electrons. The Morgan fingerprint density at radius 2 is 2.00 bits per heavy atom. The molecule has 0 bridgehead atoms. The molecule has 17 heavy (non-hydrogen) atoms. The summed E-state index contributed by atoms with van der Waals surface area (Å²) in [7, 11) is 0. The average Bonchev–Trinajstić information content (AvgIpc) is 2.18. The van der Waals surface area contributed by atoms with Gasteiger partial charge in [-0.15, -0.1) is 13.2 Å². The highest BCUT2D eigenvalue weighted by molar-refractivity contribution is 9.10. The number of hydrogen-bond acceptors (Lipinski definition) is 3. The maximum atomic E-state index is 12.0. The van der Waals surface area contributed by atoms with E-state index >= 15 is 0 Å². The molecule has 0 heterocycles. The van der Waals surface area contributed by atoms with Crippen molar-refractivity contribution in [3.05, 3.63) is 28.2 Å². The molecule has 1 aromatic carbocycles. The predicted octanol–water partition coefficient (Wildman–Crippen LogP) is 2.47. The topological polar surface area (TPSA) is 66.8 Å². The normalized spacial score (nSPS) is 13.2. The maximum Gasteiger partial charge on any atom is 0.573 e. The van der Waals surface area contributed by atoms with Gasteiger partial charge in [-0.3, -0.25) is 0 Å². The summed E-state index contributed by atoms with van der Waals surface area (Å²) in [5.74, 6) is -2.19. The third-order valence-electron chi connectivity index (χ3n) is 1.75. The lowest BCUT2D eigenvalue weighted by atomic mass is 10.1. The second-order valence-electron chi connectivity index (χ2n) is 2.95. The Morgan fingerprint density at radius 1 is 1.41 bits per heavy atom. The molecule has 1 rings (SSSR count). The number of carboxylic acids is 1. The van der Waals surface area contributed by atoms with Crippen molar-refractivity contribution in [1.82, 2.24) is 0 Å². The van der Waals surface area contributed by atoms with Gasteiger partial charge in [0.25, 0.3) is 0 Å². The Bertz CT molecular complexity index is 433. The van der Waals surface area contributed by atoms with E-state index in [9.17, 15) is 23.1 Å². The standard InChI is InChI=1S/C9H6BrF3O4/c10-6-4(7(14)8(15)16)2-1-3-5(6)17-9(11,12)13/h1-3,7,14H,(H,15,16). The number of halogens is 4. The SMILES string of the molecule is O=C(O)C(O)c1cccc(OC(F)(F)F)c1Br. The molecule has 1 unspecified atom stereocenters. The predicted molar refractivity (Wildman–Crippen MR) is 53.4 cm³/mol. The molecule has 0 aliphatic heterocycles. The first-order chi connectivity index (χ1) is 7.72. The Hall–Kier alpha value is -1.28. The van der Waals surface area contributed by atoms with Gasteiger partial charge in [0.15, 0.2) is 6.10 Å². The molecular weight excluding hydrogens is 309 g/mol. The summed E-state index contributed by atoms with van der Waals surface area (Å²) >= 11 is 2.75. The van der Waals surface area contributed by atoms with Crippen LogP contribution in [0.5, 0.6) is 5.75 Å². The van der Waals surface area contributed by atoms with Gasteiger partial charge < -0.3 is 14.9 Å². The third-order valence-corrected chi connectivity index (χ3v) is 2.60. The maximum absolute atomic E-state index is 12.0. The molecule has 0 amide bonds. The highest BCUT2D eigenvalue weighted by atomic mass is 79.9. The van der Waals surface area contributed by atoms with E-state index in [1.54, 1.807) is 0 Å². The van der Waals surface area contributed by atoms with Crippen LogP contribution in [-0.2, 0) is 4.79 Å². The summed E-state index contributed by atoms with van der Waals surface area (Å²) in [6.45, 7) is 0. The fraction of sp³-hybridized carbons (Fsp3) is 0.222. The number of benzene rings is 1. The van der Waals surface area contributed by atoms with Crippen LogP contribution in [-0.4, -0.2) is 22.5 Å². The van der Waals surface area contributed by atoms with E-state index < -0.39 is 24.2 Å². The van der Waals surface area contributed by atoms with Gasteiger partial charge in [0.1, 0.15) is 5.75 Å². The monoisotopic (exact) mass is 314 g/mol. The second-order valence-corrected chi connectivity index (χ2v) is 3.74. The molecule has 2 N–H and O–H groups in total. The number of alkyl halides is 3. The van der Waals surface area contributed by atoms with Gasteiger partial charge in [-0.1, -0.05) is 12.1 Å². The largest absolute Gasteiger partial charge is 0.573 e. The van der Waals surface area contributed by atoms with Gasteiger partial charge in [-0.2, -0.15) is 0 Å². The van der Waals surface area contributed by atoms with Gasteiger partial charge >= 0.3 is 12.3 Å². The fourth-order valence-corrected chi connectivity index (χ4v) is 1.64. The van der Waals surface area contributed by atoms with E-state index in [1.807, 2.05) is 0 Å². The van der Waals surface area contributed by atoms with Crippen molar-refractivity contribution < 1.29 is 32.9 Å². The van der Waals surface area contributed by atoms with Gasteiger partial charge in [0.05, 0.1) is 4.47 Å². The minimum atomic E-state index is -4.89. The number of aliphatic hydroxyl groups is 1. The summed E-state index contributed by atoms with van der Waals surface area (Å²) in [4.78, 5) is 10.5. The molecule has 0 aromatic heterocycles. The van der Waals surface area contributed by atoms with Crippen molar-refractivity contribution in [1.29, 1.82) is 0 Å². The van der Waals surface area contributed by atoms with Crippen LogP contribution in [0.15, 0.2) is 22.7 Å². The van der Waals surface area contributed by atoms with Crippen LogP contribution in [0.3, 0.4) is 0 Å². The number of carbonyl (C=O) groups is 1. The van der Waals surface area contributed by atoms with E-state index in [1.165, 1.54) is 6.07 Å². The number of ether oxygens (including phenoxy) is 1. The van der Waals surface area contributed by atoms with E-state index in [4.69, 9.17) is 5.11 Å². The lowest BCUT2D eigenvalue weighted by molar-refractivity contribution is -0.274. The van der Waals surface area contributed by atoms with Crippen LogP contribution >= 0.6 is 15.9 Å². The van der Waals surface area contributed by atoms with Crippen molar-refractivity contribution >= 4 is 21.9 Å². The molecule has 0 fully saturated rings. The molecule has 0 spiro atoms. The van der Waals surface area contributed by atoms with Crippen LogP contribution in [0, 0.1) is 0 Å². The summed E-state index contributed by atoms with van der Waals surface area (Å²) < 4.78 is 39.4. The molecule has 1 atom stereocenters. The van der Waals surface area contributed by atoms with Crippen LogP contribution in [0.2, 0.25) is 0 Å². The minimum absolute atomic E-state index is 0.223. The quantitative estimate of drug-likeness (QED) is 0.899. The number of rotatable bonds is 3. The van der Waals surface area contributed by atoms with Gasteiger partial charge in [0.2, 0.25) is 0 Å². The lowest BCUT2D eigenvalue weighted by Crippen LogP contribution is -2.18. The molecule has 4 nitrogen and oxygen atoms in total. The smallest absolute Gasteiger partial charge is 0.479 e. The Labute approximate surface area is 102 Å². The zero-order valence-electron chi connectivity index (χ0n) is 8.03. The van der Waals surface area contributed by atoms with E-state index in [-0.39, 0.29) is 10.0 Å². The Balaban J connectivity index is 3.12. The molecule has 1 aromatic rings. The highest BCUT2D eigenvalue weighted by Gasteiger charge is 2.33. The summed E-state index contributed by atoms with van der Waals surface area (Å²) in [5, 5.41) is 17.8. The van der Waals surface area contributed by atoms with Crippen molar-refractivity contribution in [2.24, 2.45) is 0 Å². The Morgan fingerprint density at radius 3 is 2.47 bits per heavy atom. The zero-order valence-corrected chi connectivity index (χ0v) is 9.62. The van der Waals surface area contributed by atoms with Crippen LogP contribution in [0.1, 0.15) is 11.7 Å². The molecule has 0 saturated carbocycles. The fourth-order valence-electron chi connectivity index (χ4n) is 1.08. The second kappa shape index (κ2) is 4.92. The molecule has 0 aliphatic rings. The van der Waals surface area contributed by atoms with Crippen LogP contribution in [0.4, 0.5) is 13.2 Å². The molecule has 0 aliphatic carbocycles. The highest BCUT2D eigenvalue weighted by Crippen LogP contribution is 2.35. The molecular formula is C9H6BrF3O4. The number of aliphatic hydroxyl groups excluding tert-OH is 1. The van der Waals surface area contributed by atoms with E-state index in [0.29, 0.717) is 0 Å². The first kappa shape index (κ1) is 13.8. The zero-order chi connectivity index (χ0) is 13.2. The van der Waals surface area contributed by atoms with Crippen molar-refractivity contribution in [3.8, 4) is 5.75 Å². The van der Waals surface area contributed by atoms with Gasteiger partial charge in [0, 0.05) is 5.56 Å². The molecule has 0 saturated heterocycles. The van der Waals surface area contributed by atoms with Crippen molar-refractivity contribution in [2.45, 2.75) is 12.5 Å². The minimum Gasteiger partial charge on any atom is -0.479 e. The first-order valence-corrected chi connectivity index (χ1v) is 4.96. The van der Waals surface area contributed by atoms with E-state index in [0.717, 1.165) is 12.1 Å². The Kier molecular flexibility index (Phi) is 3.99.